The average molecular weight is 699 g/mol. The number of nitrogens with one attached hydrogen (secondary N) is 3. The van der Waals surface area contributed by atoms with Gasteiger partial charge in [0.2, 0.25) is 10.0 Å². The maximum atomic E-state index is 14.2. The molecular weight excluding hydrogens is 671 g/mol. The van der Waals surface area contributed by atoms with Gasteiger partial charge >= 0.3 is 12.1 Å². The quantitative estimate of drug-likeness (QED) is 0.149. The Labute approximate surface area is 271 Å². The fourth-order valence-electron chi connectivity index (χ4n) is 4.77. The second-order valence-corrected chi connectivity index (χ2v) is 13.2. The number of aliphatic hydroxyl groups is 1. The lowest BCUT2D eigenvalue weighted by Gasteiger charge is -2.24. The second kappa shape index (κ2) is 13.0. The molecule has 4 N–H and O–H groups in total. The van der Waals surface area contributed by atoms with Gasteiger partial charge in [-0.05, 0) is 56.0 Å². The van der Waals surface area contributed by atoms with E-state index in [-0.39, 0.29) is 55.5 Å². The number of nitrogens with zero attached hydrogens (tertiary/aromatic N) is 3. The molecule has 10 nitrogen and oxygen atoms in total. The molecule has 1 amide bonds. The van der Waals surface area contributed by atoms with Crippen molar-refractivity contribution in [3.63, 3.8) is 0 Å². The van der Waals surface area contributed by atoms with Gasteiger partial charge in [0.1, 0.15) is 22.9 Å². The van der Waals surface area contributed by atoms with Gasteiger partial charge in [-0.15, -0.1) is 0 Å². The van der Waals surface area contributed by atoms with Crippen molar-refractivity contribution in [3.05, 3.63) is 70.0 Å². The number of aryl methyl sites for hydroxylation is 1. The Balaban J connectivity index is 2.11. The normalized spacial score (nSPS) is 12.8. The van der Waals surface area contributed by atoms with Gasteiger partial charge in [0, 0.05) is 31.3 Å². The molecule has 0 unspecified atom stereocenters. The number of rotatable bonds is 8. The van der Waals surface area contributed by atoms with Crippen LogP contribution in [0.3, 0.4) is 0 Å². The summed E-state index contributed by atoms with van der Waals surface area (Å²) < 4.78 is 97.0. The third kappa shape index (κ3) is 8.47. The molecule has 0 spiro atoms. The first-order valence-corrected chi connectivity index (χ1v) is 15.9. The van der Waals surface area contributed by atoms with E-state index in [1.54, 1.807) is 0 Å². The monoisotopic (exact) mass is 698 g/mol. The Morgan fingerprint density at radius 2 is 1.74 bits per heavy atom. The molecule has 0 aliphatic heterocycles. The molecule has 0 aliphatic rings. The number of benzene rings is 2. The van der Waals surface area contributed by atoms with Crippen LogP contribution >= 0.6 is 11.6 Å². The predicted octanol–water partition coefficient (Wildman–Crippen LogP) is 5.06. The van der Waals surface area contributed by atoms with E-state index in [0.717, 1.165) is 18.4 Å². The number of hydrogen-bond donors (Lipinski definition) is 4. The van der Waals surface area contributed by atoms with Crippen LogP contribution in [0.4, 0.5) is 33.5 Å². The molecule has 0 radical (unpaired) electrons. The fraction of sp³-hybridized carbons (Fsp3) is 0.300. The van der Waals surface area contributed by atoms with Crippen molar-refractivity contribution in [1.82, 2.24) is 20.1 Å². The number of sulfonamides is 1. The largest absolute Gasteiger partial charge is 0.471 e. The number of hydrogen-bond acceptors (Lipinski definition) is 7. The number of amides is 1. The maximum Gasteiger partial charge on any atom is 0.471 e. The number of fused-ring (bicyclic) bond motifs is 1. The Morgan fingerprint density at radius 3 is 2.30 bits per heavy atom. The summed E-state index contributed by atoms with van der Waals surface area (Å²) in [6, 6.07) is 5.08. The first kappa shape index (κ1) is 35.4. The lowest BCUT2D eigenvalue weighted by Crippen LogP contribution is -2.40. The van der Waals surface area contributed by atoms with Crippen LogP contribution in [0, 0.1) is 23.5 Å². The van der Waals surface area contributed by atoms with Crippen molar-refractivity contribution in [1.29, 1.82) is 0 Å². The van der Waals surface area contributed by atoms with E-state index < -0.39 is 51.8 Å². The molecule has 47 heavy (non-hydrogen) atoms. The number of halogens is 6. The van der Waals surface area contributed by atoms with Crippen LogP contribution in [0.25, 0.3) is 22.0 Å². The number of alkyl halides is 3. The molecule has 2 aromatic carbocycles. The third-order valence-electron chi connectivity index (χ3n) is 6.57. The van der Waals surface area contributed by atoms with E-state index >= 15 is 0 Å². The molecule has 250 valence electrons. The first-order valence-electron chi connectivity index (χ1n) is 13.6. The predicted molar refractivity (Wildman–Crippen MR) is 167 cm³/mol. The van der Waals surface area contributed by atoms with Crippen LogP contribution in [0.5, 0.6) is 0 Å². The van der Waals surface area contributed by atoms with Gasteiger partial charge in [0.25, 0.3) is 0 Å². The topological polar surface area (TPSA) is 138 Å². The van der Waals surface area contributed by atoms with E-state index in [1.807, 2.05) is 5.32 Å². The third-order valence-corrected chi connectivity index (χ3v) is 7.45. The van der Waals surface area contributed by atoms with E-state index in [0.29, 0.717) is 6.07 Å². The summed E-state index contributed by atoms with van der Waals surface area (Å²) in [5.41, 5.74) is -1.06. The Morgan fingerprint density at radius 1 is 1.11 bits per heavy atom. The number of anilines is 2. The Kier molecular flexibility index (Phi) is 9.77. The highest BCUT2D eigenvalue weighted by molar-refractivity contribution is 7.92. The smallest absolute Gasteiger partial charge is 0.386 e. The molecule has 2 aromatic heterocycles. The molecule has 17 heteroatoms. The highest BCUT2D eigenvalue weighted by atomic mass is 35.5. The number of pyridine rings is 1. The van der Waals surface area contributed by atoms with E-state index in [2.05, 4.69) is 32.0 Å². The summed E-state index contributed by atoms with van der Waals surface area (Å²) in [6.07, 6.45) is -5.00. The number of carbonyl (C=O) groups excluding carboxylic acids is 1. The highest BCUT2D eigenvalue weighted by Gasteiger charge is 2.41. The Bertz CT molecular complexity index is 2030. The van der Waals surface area contributed by atoms with Gasteiger partial charge in [-0.25, -0.2) is 22.2 Å². The highest BCUT2D eigenvalue weighted by Crippen LogP contribution is 2.41. The summed E-state index contributed by atoms with van der Waals surface area (Å²) in [5.74, 6) is 0.774. The minimum absolute atomic E-state index is 0.0419. The molecule has 0 aliphatic carbocycles. The van der Waals surface area contributed by atoms with Crippen molar-refractivity contribution in [2.75, 3.05) is 23.3 Å². The lowest BCUT2D eigenvalue weighted by atomic mass is 9.93. The zero-order valence-electron chi connectivity index (χ0n) is 25.4. The summed E-state index contributed by atoms with van der Waals surface area (Å²) in [6.45, 7) is 2.79. The standard InChI is InChI=1S/C30H28ClF5N6O4S/c1-29(2,44)9-8-21-22(37-3)14-19(18-6-7-20(31)24-26(18)42(4)40-27(24)41-47(5,45)46)25(38-21)23(39-28(43)30(34,35)36)12-15-10-16(32)13-17(33)11-15/h6-7,10-11,13-14,23,37,44H,12H2,1-5H3,(H,39,43)(H,40,41)/t23-/m0/s1. The zero-order valence-corrected chi connectivity index (χ0v) is 27.0. The second-order valence-electron chi connectivity index (χ2n) is 11.0. The average Bonchev–Trinajstić information content (AvgIpc) is 3.24. The number of carbonyl (C=O) groups is 1. The van der Waals surface area contributed by atoms with Crippen LogP contribution in [0.15, 0.2) is 36.4 Å². The van der Waals surface area contributed by atoms with E-state index in [4.69, 9.17) is 11.6 Å². The van der Waals surface area contributed by atoms with Gasteiger partial charge < -0.3 is 15.7 Å². The van der Waals surface area contributed by atoms with Crippen LogP contribution in [-0.4, -0.2) is 59.3 Å². The van der Waals surface area contributed by atoms with Crippen molar-refractivity contribution < 1.29 is 40.3 Å². The summed E-state index contributed by atoms with van der Waals surface area (Å²) in [7, 11) is -0.840. The molecular formula is C30H28ClF5N6O4S. The van der Waals surface area contributed by atoms with Crippen LogP contribution in [0.1, 0.15) is 36.8 Å². The first-order chi connectivity index (χ1) is 21.7. The molecule has 4 aromatic rings. The molecule has 0 fully saturated rings. The van der Waals surface area contributed by atoms with Gasteiger partial charge in [0.15, 0.2) is 5.82 Å². The molecule has 0 saturated carbocycles. The minimum Gasteiger partial charge on any atom is -0.386 e. The number of aromatic nitrogens is 3. The molecule has 0 saturated heterocycles. The zero-order chi connectivity index (χ0) is 35.1. The minimum atomic E-state index is -5.35. The SMILES string of the molecule is CNc1cc(-c2ccc(Cl)c3c(NS(C)(=O)=O)nn(C)c23)c([C@H](Cc2cc(F)cc(F)c2)NC(=O)C(F)(F)F)nc1C#CC(C)(C)O. The van der Waals surface area contributed by atoms with E-state index in [9.17, 15) is 40.3 Å². The van der Waals surface area contributed by atoms with Crippen molar-refractivity contribution in [3.8, 4) is 23.0 Å². The lowest BCUT2D eigenvalue weighted by molar-refractivity contribution is -0.174. The fourth-order valence-corrected chi connectivity index (χ4v) is 5.51. The Hall–Kier alpha value is -4.46. The van der Waals surface area contributed by atoms with Crippen LogP contribution in [-0.2, 0) is 28.3 Å². The summed E-state index contributed by atoms with van der Waals surface area (Å²) >= 11 is 6.48. The van der Waals surface area contributed by atoms with Crippen LogP contribution in [0.2, 0.25) is 5.02 Å². The van der Waals surface area contributed by atoms with Crippen molar-refractivity contribution in [2.45, 2.75) is 38.1 Å². The summed E-state index contributed by atoms with van der Waals surface area (Å²) in [5, 5.41) is 19.5. The molecule has 2 heterocycles. The van der Waals surface area contributed by atoms with Gasteiger partial charge in [-0.3, -0.25) is 14.2 Å². The van der Waals surface area contributed by atoms with Crippen molar-refractivity contribution in [2.24, 2.45) is 7.05 Å². The van der Waals surface area contributed by atoms with Crippen molar-refractivity contribution >= 4 is 49.9 Å². The van der Waals surface area contributed by atoms with E-state index in [1.165, 1.54) is 50.8 Å². The molecule has 1 atom stereocenters. The van der Waals surface area contributed by atoms with Gasteiger partial charge in [-0.2, -0.15) is 18.3 Å². The summed E-state index contributed by atoms with van der Waals surface area (Å²) in [4.78, 5) is 16.9. The molecule has 4 rings (SSSR count). The maximum absolute atomic E-state index is 14.2. The van der Waals surface area contributed by atoms with Gasteiger partial charge in [0.05, 0.1) is 39.6 Å². The van der Waals surface area contributed by atoms with Gasteiger partial charge in [-0.1, -0.05) is 23.6 Å². The van der Waals surface area contributed by atoms with Crippen LogP contribution < -0.4 is 15.4 Å². The molecule has 0 bridgehead atoms.